The molecule has 0 spiro atoms. The van der Waals surface area contributed by atoms with Crippen molar-refractivity contribution in [2.45, 2.75) is 0 Å². The van der Waals surface area contributed by atoms with Crippen LogP contribution in [0.3, 0.4) is 0 Å². The van der Waals surface area contributed by atoms with Crippen LogP contribution in [0.25, 0.3) is 0 Å². The van der Waals surface area contributed by atoms with Crippen LogP contribution in [-0.4, -0.2) is 17.6 Å². The molecule has 0 aromatic rings. The summed E-state index contributed by atoms with van der Waals surface area (Å²) >= 11 is 0. The van der Waals surface area contributed by atoms with Gasteiger partial charge in [0, 0.05) is 64.1 Å². The van der Waals surface area contributed by atoms with E-state index in [2.05, 4.69) is 7.44 Å². The van der Waals surface area contributed by atoms with Crippen molar-refractivity contribution in [1.29, 1.82) is 0 Å². The van der Waals surface area contributed by atoms with Crippen LogP contribution in [0.5, 0.6) is 0 Å². The van der Waals surface area contributed by atoms with Gasteiger partial charge in [0.2, 0.25) is 0 Å². The number of hydrogen-bond donors (Lipinski definition) is 0. The van der Waals surface area contributed by atoms with E-state index < -0.39 is 0 Å². The molecule has 0 aliphatic rings. The fraction of sp³-hybridized carbons (Fsp3) is 0. The van der Waals surface area contributed by atoms with E-state index in [1.54, 1.807) is 0 Å². The first-order chi connectivity index (χ1) is 1.00. The molecule has 0 saturated heterocycles. The first kappa shape index (κ1) is 16.1. The van der Waals surface area contributed by atoms with Crippen molar-refractivity contribution in [1.82, 2.24) is 0 Å². The van der Waals surface area contributed by atoms with E-state index in [-0.39, 0.29) is 64.1 Å². The van der Waals surface area contributed by atoms with Crippen molar-refractivity contribution in [2.75, 3.05) is 0 Å². The SMILES string of the molecule is B[SiH3].[Ce].[Nb]. The standard InChI is InChI=1S/BH5Si.Ce.Nb/c1-2;;/h1H2,2H3;;. The molecular weight excluding hydrogens is 272 g/mol. The molecule has 0 heterocycles. The summed E-state index contributed by atoms with van der Waals surface area (Å²) in [5.41, 5.74) is 0. The fourth-order valence-corrected chi connectivity index (χ4v) is 0. The maximum absolute atomic E-state index is 2.14. The molecule has 0 atom stereocenters. The van der Waals surface area contributed by atoms with Crippen LogP contribution in [0.2, 0.25) is 0 Å². The molecule has 21 valence electrons. The first-order valence-electron chi connectivity index (χ1n) is 1.00. The minimum atomic E-state index is 0. The summed E-state index contributed by atoms with van der Waals surface area (Å²) in [6.45, 7) is 0. The molecule has 4 heavy (non-hydrogen) atoms. The summed E-state index contributed by atoms with van der Waals surface area (Å²) in [5, 5.41) is 0. The molecule has 0 aromatic carbocycles. The van der Waals surface area contributed by atoms with Crippen LogP contribution in [-0.2, 0) is 22.4 Å². The Kier molecular flexibility index (Phi) is 73.3. The van der Waals surface area contributed by atoms with Crippen molar-refractivity contribution in [3.05, 3.63) is 0 Å². The van der Waals surface area contributed by atoms with Crippen LogP contribution < -0.4 is 0 Å². The van der Waals surface area contributed by atoms with E-state index in [1.807, 2.05) is 0 Å². The molecule has 0 N–H and O–H groups in total. The Morgan fingerprint density at radius 2 is 1.25 bits per heavy atom. The maximum atomic E-state index is 2.14. The van der Waals surface area contributed by atoms with Crippen LogP contribution in [0.15, 0.2) is 0 Å². The van der Waals surface area contributed by atoms with Gasteiger partial charge in [0.1, 0.15) is 0 Å². The summed E-state index contributed by atoms with van der Waals surface area (Å²) in [6, 6.07) is 0. The third-order valence-corrected chi connectivity index (χ3v) is 0. The second-order valence-electron chi connectivity index (χ2n) is 0. The average Bonchev–Trinajstić information content (AvgIpc) is 1.00. The summed E-state index contributed by atoms with van der Waals surface area (Å²) in [7, 11) is 3.44. The van der Waals surface area contributed by atoms with Crippen LogP contribution in [0.1, 0.15) is 0 Å². The Morgan fingerprint density at radius 1 is 1.25 bits per heavy atom. The summed E-state index contributed by atoms with van der Waals surface area (Å²) in [6.07, 6.45) is 0. The molecule has 0 rings (SSSR count). The van der Waals surface area contributed by atoms with Gasteiger partial charge in [0.25, 0.3) is 0 Å². The number of hydrogen-bond acceptors (Lipinski definition) is 0. The molecule has 0 bridgehead atoms. The molecule has 0 aliphatic heterocycles. The second-order valence-corrected chi connectivity index (χ2v) is 0. The van der Waals surface area contributed by atoms with Crippen molar-refractivity contribution in [3.63, 3.8) is 0 Å². The topological polar surface area (TPSA) is 0 Å². The number of rotatable bonds is 0. The van der Waals surface area contributed by atoms with E-state index in [0.29, 0.717) is 0 Å². The van der Waals surface area contributed by atoms with E-state index in [1.165, 1.54) is 10.1 Å². The van der Waals surface area contributed by atoms with E-state index >= 15 is 0 Å². The predicted molar refractivity (Wildman–Crippen MR) is 18.5 cm³/mol. The smallest absolute Gasteiger partial charge is 0.0304 e. The molecule has 0 fully saturated rings. The predicted octanol–water partition coefficient (Wildman–Crippen LogP) is -2.10. The largest absolute Gasteiger partial charge is 0.0852 e. The molecule has 0 aromatic heterocycles. The minimum absolute atomic E-state index is 0. The van der Waals surface area contributed by atoms with Gasteiger partial charge in [0.05, 0.1) is 7.44 Å². The van der Waals surface area contributed by atoms with Crippen molar-refractivity contribution in [2.24, 2.45) is 0 Å². The molecule has 1 radical (unpaired) electrons. The van der Waals surface area contributed by atoms with Gasteiger partial charge in [-0.15, -0.1) is 0 Å². The van der Waals surface area contributed by atoms with Gasteiger partial charge >= 0.3 is 0 Å². The normalized spacial score (nSPS) is 2.00. The summed E-state index contributed by atoms with van der Waals surface area (Å²) < 4.78 is 0. The van der Waals surface area contributed by atoms with Crippen LogP contribution in [0, 0.1) is 41.7 Å². The minimum Gasteiger partial charge on any atom is -0.0304 e. The quantitative estimate of drug-likeness (QED) is 0.445. The van der Waals surface area contributed by atoms with Gasteiger partial charge in [-0.3, -0.25) is 0 Å². The second kappa shape index (κ2) is 18.2. The Bertz CT molecular complexity index is 8.00. The van der Waals surface area contributed by atoms with Crippen LogP contribution >= 0.6 is 0 Å². The fourth-order valence-electron chi connectivity index (χ4n) is 0. The molecule has 0 saturated carbocycles. The van der Waals surface area contributed by atoms with E-state index in [4.69, 9.17) is 0 Å². The Balaban J connectivity index is -0.00000000500. The monoisotopic (exact) mass is 277 g/mol. The first-order valence-corrected chi connectivity index (χ1v) is 3.00. The molecule has 0 unspecified atom stereocenters. The average molecular weight is 277 g/mol. The van der Waals surface area contributed by atoms with Crippen molar-refractivity contribution < 1.29 is 64.1 Å². The zero-order valence-electron chi connectivity index (χ0n) is 2.95. The Morgan fingerprint density at radius 3 is 1.25 bits per heavy atom. The Hall–Kier alpha value is 2.40. The van der Waals surface area contributed by atoms with Gasteiger partial charge < -0.3 is 0 Å². The van der Waals surface area contributed by atoms with Gasteiger partial charge in [-0.1, -0.05) is 0 Å². The van der Waals surface area contributed by atoms with Gasteiger partial charge in [-0.25, -0.2) is 0 Å². The van der Waals surface area contributed by atoms with E-state index in [0.717, 1.165) is 0 Å². The Labute approximate surface area is 80.2 Å². The molecule has 0 nitrogen and oxygen atoms in total. The zero-order valence-corrected chi connectivity index (χ0v) is 10.3. The third-order valence-electron chi connectivity index (χ3n) is 0. The summed E-state index contributed by atoms with van der Waals surface area (Å²) in [4.78, 5) is 0. The molecule has 0 aliphatic carbocycles. The molecular formula is H5BCeNbSi. The summed E-state index contributed by atoms with van der Waals surface area (Å²) in [5.74, 6) is 0. The molecule has 4 heteroatoms. The molecule has 0 amide bonds. The van der Waals surface area contributed by atoms with Crippen LogP contribution in [0.4, 0.5) is 0 Å². The van der Waals surface area contributed by atoms with E-state index in [9.17, 15) is 0 Å². The maximum Gasteiger partial charge on any atom is 0.0852 e. The van der Waals surface area contributed by atoms with Crippen molar-refractivity contribution >= 4 is 17.6 Å². The van der Waals surface area contributed by atoms with Gasteiger partial charge in [-0.05, 0) is 10.1 Å². The third kappa shape index (κ3) is 8.83. The van der Waals surface area contributed by atoms with Gasteiger partial charge in [0.15, 0.2) is 0 Å². The van der Waals surface area contributed by atoms with Gasteiger partial charge in [-0.2, -0.15) is 0 Å². The van der Waals surface area contributed by atoms with Crippen molar-refractivity contribution in [3.8, 4) is 0 Å². The zero-order chi connectivity index (χ0) is 2.00.